The fourth-order valence-corrected chi connectivity index (χ4v) is 5.94. The summed E-state index contributed by atoms with van der Waals surface area (Å²) in [5, 5.41) is 4.04. The molecular weight excluding hydrogens is 430 g/mol. The van der Waals surface area contributed by atoms with Crippen LogP contribution >= 0.6 is 11.3 Å². The van der Waals surface area contributed by atoms with E-state index in [2.05, 4.69) is 16.4 Å². The fourth-order valence-electron chi connectivity index (χ4n) is 4.90. The van der Waals surface area contributed by atoms with Crippen LogP contribution in [-0.2, 0) is 4.79 Å². The highest BCUT2D eigenvalue weighted by atomic mass is 32.1. The summed E-state index contributed by atoms with van der Waals surface area (Å²) in [6, 6.07) is 10.0. The number of amides is 2. The molecule has 33 heavy (non-hydrogen) atoms. The molecule has 2 aliphatic rings. The van der Waals surface area contributed by atoms with Gasteiger partial charge < -0.3 is 10.2 Å². The molecule has 2 heterocycles. The third kappa shape index (κ3) is 5.91. The van der Waals surface area contributed by atoms with Gasteiger partial charge in [0.25, 0.3) is 5.91 Å². The van der Waals surface area contributed by atoms with E-state index in [0.29, 0.717) is 19.0 Å². The number of thiazole rings is 1. The van der Waals surface area contributed by atoms with Crippen LogP contribution in [0, 0.1) is 18.8 Å². The lowest BCUT2D eigenvalue weighted by molar-refractivity contribution is -0.126. The minimum atomic E-state index is -0.0163. The number of benzene rings is 1. The molecule has 0 saturated carbocycles. The number of nitrogens with zero attached hydrogens (tertiary/aromatic N) is 2. The lowest BCUT2D eigenvalue weighted by Crippen LogP contribution is -2.42. The van der Waals surface area contributed by atoms with Gasteiger partial charge in [-0.15, -0.1) is 11.3 Å². The topological polar surface area (TPSA) is 62.3 Å². The number of nitrogens with one attached hydrogen (secondary N) is 1. The predicted molar refractivity (Wildman–Crippen MR) is 134 cm³/mol. The number of rotatable bonds is 7. The van der Waals surface area contributed by atoms with E-state index >= 15 is 0 Å². The quantitative estimate of drug-likeness (QED) is 0.540. The summed E-state index contributed by atoms with van der Waals surface area (Å²) in [5.74, 6) is 0.535. The van der Waals surface area contributed by atoms with E-state index in [1.54, 1.807) is 0 Å². The van der Waals surface area contributed by atoms with E-state index < -0.39 is 0 Å². The van der Waals surface area contributed by atoms with Crippen molar-refractivity contribution in [2.75, 3.05) is 19.6 Å². The molecule has 2 aromatic rings. The maximum absolute atomic E-state index is 13.2. The molecule has 1 fully saturated rings. The Morgan fingerprint density at radius 2 is 1.94 bits per heavy atom. The van der Waals surface area contributed by atoms with Crippen molar-refractivity contribution in [3.05, 3.63) is 52.6 Å². The number of likely N-dealkylation sites (tertiary alicyclic amines) is 1. The lowest BCUT2D eigenvalue weighted by Gasteiger charge is -2.34. The SMILES string of the molecule is Cc1nc(-c2ccccc2)sc1C(=O)N1CCC(C(C)C(=O)NCCC2=CCCCC2)CC1. The standard InChI is InChI=1S/C27H35N3O2S/c1-19(25(31)28-16-13-21-9-5-3-6-10-21)22-14-17-30(18-15-22)27(32)24-20(2)29-26(33-24)23-11-7-4-8-12-23/h4,7-9,11-12,19,22H,3,5-6,10,13-18H2,1-2H3,(H,28,31). The summed E-state index contributed by atoms with van der Waals surface area (Å²) >= 11 is 1.48. The van der Waals surface area contributed by atoms with Crippen molar-refractivity contribution in [2.24, 2.45) is 11.8 Å². The van der Waals surface area contributed by atoms with Crippen molar-refractivity contribution in [2.45, 2.75) is 58.8 Å². The first kappa shape index (κ1) is 23.7. The summed E-state index contributed by atoms with van der Waals surface area (Å²) in [7, 11) is 0. The first-order chi connectivity index (χ1) is 16.0. The third-order valence-electron chi connectivity index (χ3n) is 7.09. The van der Waals surface area contributed by atoms with Crippen LogP contribution in [0.5, 0.6) is 0 Å². The van der Waals surface area contributed by atoms with Gasteiger partial charge in [-0.3, -0.25) is 9.59 Å². The second-order valence-corrected chi connectivity index (χ2v) is 10.4. The smallest absolute Gasteiger partial charge is 0.265 e. The van der Waals surface area contributed by atoms with Crippen molar-refractivity contribution < 1.29 is 9.59 Å². The molecule has 1 aliphatic carbocycles. The van der Waals surface area contributed by atoms with Crippen LogP contribution in [-0.4, -0.2) is 41.3 Å². The van der Waals surface area contributed by atoms with Gasteiger partial charge in [0, 0.05) is 31.1 Å². The van der Waals surface area contributed by atoms with Crippen molar-refractivity contribution in [1.29, 1.82) is 0 Å². The molecule has 1 unspecified atom stereocenters. The third-order valence-corrected chi connectivity index (χ3v) is 8.28. The van der Waals surface area contributed by atoms with Crippen LogP contribution in [0.1, 0.15) is 67.2 Å². The minimum absolute atomic E-state index is 0.0163. The number of hydrogen-bond donors (Lipinski definition) is 1. The summed E-state index contributed by atoms with van der Waals surface area (Å²) in [5.41, 5.74) is 3.34. The Balaban J connectivity index is 1.27. The number of allylic oxidation sites excluding steroid dienone is 1. The Hall–Kier alpha value is -2.47. The molecule has 1 aromatic carbocycles. The number of carbonyl (C=O) groups is 2. The molecule has 1 N–H and O–H groups in total. The maximum Gasteiger partial charge on any atom is 0.265 e. The number of aryl methyl sites for hydroxylation is 1. The van der Waals surface area contributed by atoms with Crippen molar-refractivity contribution >= 4 is 23.2 Å². The molecular formula is C27H35N3O2S. The number of aromatic nitrogens is 1. The number of hydrogen-bond acceptors (Lipinski definition) is 4. The summed E-state index contributed by atoms with van der Waals surface area (Å²) in [4.78, 5) is 33.2. The first-order valence-corrected chi connectivity index (χ1v) is 13.1. The maximum atomic E-state index is 13.2. The zero-order chi connectivity index (χ0) is 23.2. The van der Waals surface area contributed by atoms with E-state index in [9.17, 15) is 9.59 Å². The van der Waals surface area contributed by atoms with Gasteiger partial charge in [0.1, 0.15) is 9.88 Å². The molecule has 0 spiro atoms. The van der Waals surface area contributed by atoms with Crippen molar-refractivity contribution in [1.82, 2.24) is 15.2 Å². The van der Waals surface area contributed by atoms with Gasteiger partial charge in [0.05, 0.1) is 5.69 Å². The molecule has 0 radical (unpaired) electrons. The van der Waals surface area contributed by atoms with E-state index in [1.807, 2.05) is 49.1 Å². The van der Waals surface area contributed by atoms with Crippen molar-refractivity contribution in [3.63, 3.8) is 0 Å². The lowest BCUT2D eigenvalue weighted by atomic mass is 9.84. The molecule has 1 aromatic heterocycles. The highest BCUT2D eigenvalue weighted by Gasteiger charge is 2.31. The Morgan fingerprint density at radius 1 is 1.18 bits per heavy atom. The van der Waals surface area contributed by atoms with Gasteiger partial charge in [-0.05, 0) is 57.8 Å². The molecule has 1 aliphatic heterocycles. The first-order valence-electron chi connectivity index (χ1n) is 12.3. The molecule has 0 bridgehead atoms. The highest BCUT2D eigenvalue weighted by Crippen LogP contribution is 2.31. The Labute approximate surface area is 201 Å². The van der Waals surface area contributed by atoms with Crippen LogP contribution in [0.3, 0.4) is 0 Å². The molecule has 1 saturated heterocycles. The van der Waals surface area contributed by atoms with Gasteiger partial charge in [0.2, 0.25) is 5.91 Å². The zero-order valence-corrected chi connectivity index (χ0v) is 20.6. The van der Waals surface area contributed by atoms with Crippen LogP contribution < -0.4 is 5.32 Å². The molecule has 1 atom stereocenters. The van der Waals surface area contributed by atoms with E-state index in [-0.39, 0.29) is 17.7 Å². The summed E-state index contributed by atoms with van der Waals surface area (Å²) in [6.45, 7) is 6.09. The second kappa shape index (κ2) is 11.1. The molecule has 2 amide bonds. The van der Waals surface area contributed by atoms with Crippen LogP contribution in [0.2, 0.25) is 0 Å². The van der Waals surface area contributed by atoms with E-state index in [1.165, 1.54) is 42.6 Å². The zero-order valence-electron chi connectivity index (χ0n) is 19.8. The Bertz CT molecular complexity index is 990. The van der Waals surface area contributed by atoms with Crippen LogP contribution in [0.15, 0.2) is 42.0 Å². The van der Waals surface area contributed by atoms with Gasteiger partial charge >= 0.3 is 0 Å². The number of piperidine rings is 1. The van der Waals surface area contributed by atoms with Gasteiger partial charge in [-0.2, -0.15) is 0 Å². The highest BCUT2D eigenvalue weighted by molar-refractivity contribution is 7.17. The number of carbonyl (C=O) groups excluding carboxylic acids is 2. The fraction of sp³-hybridized carbons (Fsp3) is 0.519. The monoisotopic (exact) mass is 465 g/mol. The predicted octanol–water partition coefficient (Wildman–Crippen LogP) is 5.61. The van der Waals surface area contributed by atoms with E-state index in [0.717, 1.165) is 46.9 Å². The molecule has 6 heteroatoms. The summed E-state index contributed by atoms with van der Waals surface area (Å²) in [6.07, 6.45) is 10.0. The minimum Gasteiger partial charge on any atom is -0.356 e. The van der Waals surface area contributed by atoms with Crippen LogP contribution in [0.4, 0.5) is 0 Å². The average Bonchev–Trinajstić information content (AvgIpc) is 3.26. The summed E-state index contributed by atoms with van der Waals surface area (Å²) < 4.78 is 0. The Kier molecular flexibility index (Phi) is 7.97. The van der Waals surface area contributed by atoms with E-state index in [4.69, 9.17) is 0 Å². The largest absolute Gasteiger partial charge is 0.356 e. The average molecular weight is 466 g/mol. The molecule has 4 rings (SSSR count). The van der Waals surface area contributed by atoms with Gasteiger partial charge in [-0.25, -0.2) is 4.98 Å². The molecule has 5 nitrogen and oxygen atoms in total. The molecule has 176 valence electrons. The van der Waals surface area contributed by atoms with Gasteiger partial charge in [-0.1, -0.05) is 48.9 Å². The van der Waals surface area contributed by atoms with Crippen LogP contribution in [0.25, 0.3) is 10.6 Å². The second-order valence-electron chi connectivity index (χ2n) is 9.37. The van der Waals surface area contributed by atoms with Gasteiger partial charge in [0.15, 0.2) is 0 Å². The Morgan fingerprint density at radius 3 is 2.64 bits per heavy atom. The van der Waals surface area contributed by atoms with Crippen molar-refractivity contribution in [3.8, 4) is 10.6 Å². The normalized spacial score (nSPS) is 18.0.